The molecule has 0 bridgehead atoms. The minimum atomic E-state index is -3.11. The van der Waals surface area contributed by atoms with Crippen LogP contribution in [0.25, 0.3) is 0 Å². The molecular formula is C13H22N4O2S. The van der Waals surface area contributed by atoms with Crippen molar-refractivity contribution in [3.63, 3.8) is 0 Å². The van der Waals surface area contributed by atoms with Crippen molar-refractivity contribution in [1.29, 1.82) is 0 Å². The summed E-state index contributed by atoms with van der Waals surface area (Å²) in [6.07, 6.45) is 3.64. The SMILES string of the molecule is CCS(=O)(=O)NCCN1CCNCC1c1cccnc1. The summed E-state index contributed by atoms with van der Waals surface area (Å²) in [4.78, 5) is 6.46. The number of rotatable bonds is 6. The second-order valence-electron chi connectivity index (χ2n) is 4.84. The van der Waals surface area contributed by atoms with E-state index in [1.165, 1.54) is 0 Å². The Balaban J connectivity index is 1.94. The number of nitrogens with one attached hydrogen (secondary N) is 2. The Hall–Kier alpha value is -1.02. The molecule has 20 heavy (non-hydrogen) atoms. The molecule has 112 valence electrons. The van der Waals surface area contributed by atoms with E-state index in [2.05, 4.69) is 26.0 Å². The maximum atomic E-state index is 11.4. The number of aromatic nitrogens is 1. The second-order valence-corrected chi connectivity index (χ2v) is 6.94. The highest BCUT2D eigenvalue weighted by molar-refractivity contribution is 7.89. The average molecular weight is 298 g/mol. The monoisotopic (exact) mass is 298 g/mol. The lowest BCUT2D eigenvalue weighted by Crippen LogP contribution is -2.48. The number of sulfonamides is 1. The molecular weight excluding hydrogens is 276 g/mol. The lowest BCUT2D eigenvalue weighted by atomic mass is 10.1. The zero-order valence-corrected chi connectivity index (χ0v) is 12.6. The minimum absolute atomic E-state index is 0.126. The van der Waals surface area contributed by atoms with E-state index in [0.717, 1.165) is 25.2 Å². The molecule has 1 aliphatic heterocycles. The van der Waals surface area contributed by atoms with E-state index >= 15 is 0 Å². The number of pyridine rings is 1. The van der Waals surface area contributed by atoms with Crippen molar-refractivity contribution in [2.24, 2.45) is 0 Å². The van der Waals surface area contributed by atoms with Crippen LogP contribution >= 0.6 is 0 Å². The summed E-state index contributed by atoms with van der Waals surface area (Å²) >= 11 is 0. The molecule has 0 aromatic carbocycles. The maximum absolute atomic E-state index is 11.4. The van der Waals surface area contributed by atoms with Gasteiger partial charge < -0.3 is 5.32 Å². The van der Waals surface area contributed by atoms with Crippen LogP contribution in [0, 0.1) is 0 Å². The van der Waals surface area contributed by atoms with Gasteiger partial charge in [-0.1, -0.05) is 6.07 Å². The highest BCUT2D eigenvalue weighted by atomic mass is 32.2. The van der Waals surface area contributed by atoms with E-state index in [9.17, 15) is 8.42 Å². The van der Waals surface area contributed by atoms with Crippen molar-refractivity contribution in [1.82, 2.24) is 19.9 Å². The van der Waals surface area contributed by atoms with Crippen molar-refractivity contribution in [2.45, 2.75) is 13.0 Å². The first-order valence-electron chi connectivity index (χ1n) is 6.94. The Kier molecular flexibility index (Phi) is 5.47. The first kappa shape index (κ1) is 15.4. The van der Waals surface area contributed by atoms with Crippen LogP contribution in [-0.4, -0.2) is 56.8 Å². The summed E-state index contributed by atoms with van der Waals surface area (Å²) in [5, 5.41) is 3.37. The molecule has 0 saturated carbocycles. The Morgan fingerprint density at radius 3 is 3.10 bits per heavy atom. The predicted octanol–water partition coefficient (Wildman–Crippen LogP) is -0.0328. The summed E-state index contributed by atoms with van der Waals surface area (Å²) in [7, 11) is -3.11. The molecule has 1 aliphatic rings. The van der Waals surface area contributed by atoms with Gasteiger partial charge in [-0.3, -0.25) is 9.88 Å². The maximum Gasteiger partial charge on any atom is 0.211 e. The molecule has 0 amide bonds. The van der Waals surface area contributed by atoms with Gasteiger partial charge >= 0.3 is 0 Å². The zero-order valence-electron chi connectivity index (χ0n) is 11.7. The van der Waals surface area contributed by atoms with E-state index in [1.54, 1.807) is 13.1 Å². The first-order valence-corrected chi connectivity index (χ1v) is 8.59. The number of hydrogen-bond acceptors (Lipinski definition) is 5. The Labute approximate surface area is 120 Å². The summed E-state index contributed by atoms with van der Waals surface area (Å²) in [5.41, 5.74) is 1.16. The number of nitrogens with zero attached hydrogens (tertiary/aromatic N) is 2. The molecule has 6 nitrogen and oxygen atoms in total. The van der Waals surface area contributed by atoms with Crippen LogP contribution in [0.3, 0.4) is 0 Å². The number of hydrogen-bond donors (Lipinski definition) is 2. The van der Waals surface area contributed by atoms with Gasteiger partial charge in [0.1, 0.15) is 0 Å². The van der Waals surface area contributed by atoms with Gasteiger partial charge in [-0.15, -0.1) is 0 Å². The molecule has 0 radical (unpaired) electrons. The molecule has 2 heterocycles. The van der Waals surface area contributed by atoms with Crippen LogP contribution in [-0.2, 0) is 10.0 Å². The van der Waals surface area contributed by atoms with Crippen LogP contribution in [0.5, 0.6) is 0 Å². The molecule has 1 atom stereocenters. The second kappa shape index (κ2) is 7.12. The van der Waals surface area contributed by atoms with Crippen molar-refractivity contribution in [3.05, 3.63) is 30.1 Å². The third-order valence-electron chi connectivity index (χ3n) is 3.52. The average Bonchev–Trinajstić information content (AvgIpc) is 2.48. The molecule has 0 spiro atoms. The van der Waals surface area contributed by atoms with E-state index in [1.807, 2.05) is 12.3 Å². The van der Waals surface area contributed by atoms with E-state index in [0.29, 0.717) is 13.1 Å². The zero-order chi connectivity index (χ0) is 14.4. The fourth-order valence-electron chi connectivity index (χ4n) is 2.36. The van der Waals surface area contributed by atoms with Crippen molar-refractivity contribution < 1.29 is 8.42 Å². The van der Waals surface area contributed by atoms with Gasteiger partial charge in [0.15, 0.2) is 0 Å². The smallest absolute Gasteiger partial charge is 0.211 e. The molecule has 1 saturated heterocycles. The predicted molar refractivity (Wildman–Crippen MR) is 78.9 cm³/mol. The van der Waals surface area contributed by atoms with Crippen LogP contribution < -0.4 is 10.0 Å². The Morgan fingerprint density at radius 1 is 1.55 bits per heavy atom. The Bertz CT molecular complexity index is 506. The highest BCUT2D eigenvalue weighted by Gasteiger charge is 2.23. The van der Waals surface area contributed by atoms with E-state index in [4.69, 9.17) is 0 Å². The van der Waals surface area contributed by atoms with Crippen LogP contribution in [0.2, 0.25) is 0 Å². The number of piperazine rings is 1. The van der Waals surface area contributed by atoms with E-state index in [-0.39, 0.29) is 11.8 Å². The molecule has 1 fully saturated rings. The minimum Gasteiger partial charge on any atom is -0.314 e. The first-order chi connectivity index (χ1) is 9.62. The lowest BCUT2D eigenvalue weighted by Gasteiger charge is -2.36. The molecule has 1 unspecified atom stereocenters. The molecule has 1 aromatic heterocycles. The largest absolute Gasteiger partial charge is 0.314 e. The molecule has 2 rings (SSSR count). The van der Waals surface area contributed by atoms with Gasteiger partial charge in [-0.25, -0.2) is 13.1 Å². The summed E-state index contributed by atoms with van der Waals surface area (Å²) in [6, 6.07) is 4.25. The van der Waals surface area contributed by atoms with Gasteiger partial charge in [-0.05, 0) is 18.6 Å². The van der Waals surface area contributed by atoms with E-state index < -0.39 is 10.0 Å². The quantitative estimate of drug-likeness (QED) is 0.771. The highest BCUT2D eigenvalue weighted by Crippen LogP contribution is 2.20. The van der Waals surface area contributed by atoms with Crippen molar-refractivity contribution >= 4 is 10.0 Å². The molecule has 7 heteroatoms. The van der Waals surface area contributed by atoms with Gasteiger partial charge in [0.25, 0.3) is 0 Å². The lowest BCUT2D eigenvalue weighted by molar-refractivity contribution is 0.165. The topological polar surface area (TPSA) is 74.3 Å². The van der Waals surface area contributed by atoms with Gasteiger partial charge in [0, 0.05) is 51.2 Å². The summed E-state index contributed by atoms with van der Waals surface area (Å²) < 4.78 is 25.5. The molecule has 2 N–H and O–H groups in total. The third-order valence-corrected chi connectivity index (χ3v) is 4.93. The molecule has 1 aromatic rings. The summed E-state index contributed by atoms with van der Waals surface area (Å²) in [5.74, 6) is 0.126. The molecule has 0 aliphatic carbocycles. The normalized spacial score (nSPS) is 20.9. The standard InChI is InChI=1S/C13H22N4O2S/c1-2-20(18,19)16-7-9-17-8-6-15-11-13(17)12-4-3-5-14-10-12/h3-5,10,13,15-16H,2,6-9,11H2,1H3. The third kappa shape index (κ3) is 4.24. The van der Waals surface area contributed by atoms with Crippen molar-refractivity contribution in [2.75, 3.05) is 38.5 Å². The van der Waals surface area contributed by atoms with Crippen molar-refractivity contribution in [3.8, 4) is 0 Å². The van der Waals surface area contributed by atoms with Gasteiger partial charge in [0.2, 0.25) is 10.0 Å². The van der Waals surface area contributed by atoms with Crippen LogP contribution in [0.15, 0.2) is 24.5 Å². The van der Waals surface area contributed by atoms with Gasteiger partial charge in [-0.2, -0.15) is 0 Å². The summed E-state index contributed by atoms with van der Waals surface area (Å²) in [6.45, 7) is 5.51. The fraction of sp³-hybridized carbons (Fsp3) is 0.615. The van der Waals surface area contributed by atoms with Crippen LogP contribution in [0.4, 0.5) is 0 Å². The Morgan fingerprint density at radius 2 is 2.40 bits per heavy atom. The fourth-order valence-corrected chi connectivity index (χ4v) is 2.97. The van der Waals surface area contributed by atoms with Crippen LogP contribution in [0.1, 0.15) is 18.5 Å². The van der Waals surface area contributed by atoms with Gasteiger partial charge in [0.05, 0.1) is 5.75 Å².